The van der Waals surface area contributed by atoms with Gasteiger partial charge in [0.2, 0.25) is 0 Å². The zero-order valence-corrected chi connectivity index (χ0v) is 8.62. The molecule has 0 spiro atoms. The monoisotopic (exact) mass is 210 g/mol. The van der Waals surface area contributed by atoms with Gasteiger partial charge in [0.15, 0.2) is 0 Å². The summed E-state index contributed by atoms with van der Waals surface area (Å²) in [5.74, 6) is -0.183. The van der Waals surface area contributed by atoms with Gasteiger partial charge in [0.05, 0.1) is 7.11 Å². The average Bonchev–Trinajstić information content (AvgIpc) is 2.16. The first-order valence-electron chi connectivity index (χ1n) is 4.13. The molecule has 0 aromatic heterocycles. The van der Waals surface area contributed by atoms with E-state index in [-0.39, 0.29) is 16.9 Å². The van der Waals surface area contributed by atoms with Crippen molar-refractivity contribution in [2.24, 2.45) is 0 Å². The second-order valence-electron chi connectivity index (χ2n) is 2.82. The number of esters is 1. The van der Waals surface area contributed by atoms with E-state index in [1.165, 1.54) is 7.11 Å². The van der Waals surface area contributed by atoms with Crippen LogP contribution in [0.3, 0.4) is 0 Å². The second kappa shape index (κ2) is 8.02. The summed E-state index contributed by atoms with van der Waals surface area (Å²) in [7, 11) is 6.91. The molecule has 2 radical (unpaired) electrons. The van der Waals surface area contributed by atoms with Crippen LogP contribution in [0.4, 0.5) is 0 Å². The summed E-state index contributed by atoms with van der Waals surface area (Å²) in [6.07, 6.45) is 1.12. The zero-order valence-electron chi connectivity index (χ0n) is 8.62. The lowest BCUT2D eigenvalue weighted by molar-refractivity contribution is -0.140. The van der Waals surface area contributed by atoms with E-state index in [0.717, 1.165) is 11.0 Å². The molecule has 1 rings (SSSR count). The molecule has 0 unspecified atom stereocenters. The molecule has 1 aromatic rings. The van der Waals surface area contributed by atoms with Crippen LogP contribution in [0.15, 0.2) is 24.3 Å². The minimum atomic E-state index is -0.183. The fraction of sp³-hybridized carbons (Fsp3) is 0.300. The molecule has 0 fully saturated rings. The Balaban J connectivity index is 0. The van der Waals surface area contributed by atoms with Gasteiger partial charge in [0, 0.05) is 6.42 Å². The van der Waals surface area contributed by atoms with E-state index in [1.54, 1.807) is 0 Å². The van der Waals surface area contributed by atoms with Crippen molar-refractivity contribution >= 4 is 19.3 Å². The molecule has 0 aliphatic heterocycles. The Morgan fingerprint density at radius 3 is 2.27 bits per heavy atom. The molecule has 0 heterocycles. The van der Waals surface area contributed by atoms with Crippen LogP contribution in [0.2, 0.25) is 0 Å². The highest BCUT2D eigenvalue weighted by Gasteiger charge is 2.00. The van der Waals surface area contributed by atoms with E-state index in [2.05, 4.69) is 4.74 Å². The molecule has 5 heteroatoms. The summed E-state index contributed by atoms with van der Waals surface area (Å²) < 4.78 is 4.53. The number of hydrogen-bond acceptors (Lipinski definition) is 2. The van der Waals surface area contributed by atoms with Crippen molar-refractivity contribution in [2.75, 3.05) is 7.11 Å². The van der Waals surface area contributed by atoms with Crippen molar-refractivity contribution in [1.82, 2.24) is 0 Å². The summed E-state index contributed by atoms with van der Waals surface area (Å²) in [6.45, 7) is 0. The molecular weight excluding hydrogens is 195 g/mol. The average molecular weight is 210 g/mol. The maximum atomic E-state index is 10.8. The lowest BCUT2D eigenvalue weighted by atomic mass is 9.94. The molecule has 0 atom stereocenters. The third-order valence-corrected chi connectivity index (χ3v) is 1.83. The maximum Gasteiger partial charge on any atom is 0.305 e. The van der Waals surface area contributed by atoms with Crippen LogP contribution in [0, 0.1) is 0 Å². The van der Waals surface area contributed by atoms with Gasteiger partial charge >= 0.3 is 5.97 Å². The Bertz CT molecular complexity index is 284. The van der Waals surface area contributed by atoms with Gasteiger partial charge in [-0.25, -0.2) is 0 Å². The molecule has 4 nitrogen and oxygen atoms in total. The highest BCUT2D eigenvalue weighted by atomic mass is 16.5. The minimum absolute atomic E-state index is 0. The Morgan fingerprint density at radius 1 is 1.27 bits per heavy atom. The van der Waals surface area contributed by atoms with Gasteiger partial charge in [-0.15, -0.1) is 0 Å². The number of carbonyl (C=O) groups is 1. The predicted octanol–water partition coefficient (Wildman–Crippen LogP) is -1.06. The van der Waals surface area contributed by atoms with E-state index in [9.17, 15) is 4.79 Å². The van der Waals surface area contributed by atoms with Gasteiger partial charge in [0.1, 0.15) is 7.85 Å². The van der Waals surface area contributed by atoms with Crippen LogP contribution in [0.5, 0.6) is 0 Å². The van der Waals surface area contributed by atoms with Crippen LogP contribution in [0.25, 0.3) is 0 Å². The second-order valence-corrected chi connectivity index (χ2v) is 2.82. The predicted molar refractivity (Wildman–Crippen MR) is 59.4 cm³/mol. The molecule has 0 aliphatic rings. The summed E-state index contributed by atoms with van der Waals surface area (Å²) in [5, 5.41) is 0. The van der Waals surface area contributed by atoms with Crippen LogP contribution in [-0.2, 0) is 16.0 Å². The molecular formula is C10H15BO4. The van der Waals surface area contributed by atoms with Crippen molar-refractivity contribution in [3.05, 3.63) is 29.8 Å². The normalized spacial score (nSPS) is 8.33. The molecule has 0 aliphatic carbocycles. The smallest absolute Gasteiger partial charge is 0.305 e. The van der Waals surface area contributed by atoms with Gasteiger partial charge < -0.3 is 15.7 Å². The van der Waals surface area contributed by atoms with Crippen LogP contribution >= 0.6 is 0 Å². The number of methoxy groups -OCH3 is 1. The topological polar surface area (TPSA) is 89.3 Å². The summed E-state index contributed by atoms with van der Waals surface area (Å²) in [6, 6.07) is 7.48. The van der Waals surface area contributed by atoms with Crippen molar-refractivity contribution in [3.63, 3.8) is 0 Å². The third-order valence-electron chi connectivity index (χ3n) is 1.83. The van der Waals surface area contributed by atoms with Gasteiger partial charge in [0.25, 0.3) is 0 Å². The number of benzene rings is 1. The Labute approximate surface area is 90.3 Å². The fourth-order valence-corrected chi connectivity index (χ4v) is 1.03. The Morgan fingerprint density at radius 2 is 1.80 bits per heavy atom. The lowest BCUT2D eigenvalue weighted by Gasteiger charge is -2.00. The van der Waals surface area contributed by atoms with E-state index in [1.807, 2.05) is 24.3 Å². The van der Waals surface area contributed by atoms with Crippen LogP contribution in [0.1, 0.15) is 12.0 Å². The molecule has 82 valence electrons. The minimum Gasteiger partial charge on any atom is -0.469 e. The van der Waals surface area contributed by atoms with Gasteiger partial charge in [-0.05, 0) is 12.0 Å². The Kier molecular flexibility index (Phi) is 8.62. The lowest BCUT2D eigenvalue weighted by Crippen LogP contribution is -2.04. The Hall–Kier alpha value is -1.33. The third kappa shape index (κ3) is 5.88. The van der Waals surface area contributed by atoms with Crippen molar-refractivity contribution < 1.29 is 20.5 Å². The number of aryl methyl sites for hydroxylation is 1. The van der Waals surface area contributed by atoms with Gasteiger partial charge in [-0.1, -0.05) is 29.7 Å². The largest absolute Gasteiger partial charge is 0.469 e. The van der Waals surface area contributed by atoms with Crippen molar-refractivity contribution in [2.45, 2.75) is 12.8 Å². The molecule has 15 heavy (non-hydrogen) atoms. The van der Waals surface area contributed by atoms with Crippen LogP contribution < -0.4 is 5.46 Å². The summed E-state index contributed by atoms with van der Waals surface area (Å²) in [4.78, 5) is 10.8. The van der Waals surface area contributed by atoms with E-state index < -0.39 is 0 Å². The van der Waals surface area contributed by atoms with Crippen molar-refractivity contribution in [3.8, 4) is 0 Å². The van der Waals surface area contributed by atoms with Gasteiger partial charge in [-0.2, -0.15) is 0 Å². The maximum absolute atomic E-state index is 10.8. The van der Waals surface area contributed by atoms with Crippen LogP contribution in [-0.4, -0.2) is 31.9 Å². The SMILES string of the molecule is O.O.[B]c1ccc(CCC(=O)OC)cc1. The molecule has 0 saturated heterocycles. The van der Waals surface area contributed by atoms with Crippen molar-refractivity contribution in [1.29, 1.82) is 0 Å². The summed E-state index contributed by atoms with van der Waals surface area (Å²) in [5.41, 5.74) is 1.83. The van der Waals surface area contributed by atoms with E-state index >= 15 is 0 Å². The number of carbonyl (C=O) groups excluding carboxylic acids is 1. The first-order valence-corrected chi connectivity index (χ1v) is 4.13. The van der Waals surface area contributed by atoms with E-state index in [0.29, 0.717) is 12.8 Å². The molecule has 0 saturated carbocycles. The van der Waals surface area contributed by atoms with E-state index in [4.69, 9.17) is 7.85 Å². The van der Waals surface area contributed by atoms with Gasteiger partial charge in [-0.3, -0.25) is 4.79 Å². The zero-order chi connectivity index (χ0) is 9.68. The molecule has 1 aromatic carbocycles. The molecule has 0 amide bonds. The molecule has 4 N–H and O–H groups in total. The highest BCUT2D eigenvalue weighted by molar-refractivity contribution is 6.32. The first-order chi connectivity index (χ1) is 6.22. The standard InChI is InChI=1S/C10H11BO2.2H2O/c1-13-10(12)7-4-8-2-5-9(11)6-3-8;;/h2-3,5-6H,4,7H2,1H3;2*1H2. The number of hydrogen-bond donors (Lipinski definition) is 0. The number of rotatable bonds is 3. The quantitative estimate of drug-likeness (QED) is 0.469. The molecule has 0 bridgehead atoms. The highest BCUT2D eigenvalue weighted by Crippen LogP contribution is 2.01. The summed E-state index contributed by atoms with van der Waals surface area (Å²) >= 11 is 0. The fourth-order valence-electron chi connectivity index (χ4n) is 1.03. The number of ether oxygens (including phenoxy) is 1. The first kappa shape index (κ1) is 16.1.